The summed E-state index contributed by atoms with van der Waals surface area (Å²) in [6.07, 6.45) is 2.41. The second-order valence-electron chi connectivity index (χ2n) is 3.70. The molecule has 1 heteroatoms. The summed E-state index contributed by atoms with van der Waals surface area (Å²) in [5.74, 6) is 1.42. The topological polar surface area (TPSA) is 12.4 Å². The summed E-state index contributed by atoms with van der Waals surface area (Å²) in [4.78, 5) is 4.53. The fraction of sp³-hybridized carbons (Fsp3) is 0.909. The van der Waals surface area contributed by atoms with Crippen LogP contribution >= 0.6 is 0 Å². The maximum absolute atomic E-state index is 4.53. The molecule has 1 nitrogen and oxygen atoms in total. The third-order valence-electron chi connectivity index (χ3n) is 2.74. The van der Waals surface area contributed by atoms with Crippen molar-refractivity contribution in [1.82, 2.24) is 0 Å². The molecule has 0 saturated carbocycles. The maximum atomic E-state index is 4.53. The summed E-state index contributed by atoms with van der Waals surface area (Å²) in [5.41, 5.74) is 1.33. The fourth-order valence-corrected chi connectivity index (χ4v) is 1.20. The standard InChI is InChI=1S/C11H23N/c1-6-8-12-11(5)10(4)9(3)7-2/h9-10H,6-8H2,1-5H3/b12-11+. The largest absolute Gasteiger partial charge is 0.294 e. The Bertz CT molecular complexity index is 138. The molecule has 0 saturated heterocycles. The van der Waals surface area contributed by atoms with Gasteiger partial charge in [0.05, 0.1) is 0 Å². The first kappa shape index (κ1) is 11.7. The Kier molecular flexibility index (Phi) is 6.04. The second-order valence-corrected chi connectivity index (χ2v) is 3.70. The van der Waals surface area contributed by atoms with Gasteiger partial charge in [0.15, 0.2) is 0 Å². The van der Waals surface area contributed by atoms with E-state index < -0.39 is 0 Å². The van der Waals surface area contributed by atoms with Crippen LogP contribution in [-0.4, -0.2) is 12.3 Å². The van der Waals surface area contributed by atoms with Crippen LogP contribution in [0.4, 0.5) is 0 Å². The van der Waals surface area contributed by atoms with Crippen molar-refractivity contribution in [3.05, 3.63) is 0 Å². The summed E-state index contributed by atoms with van der Waals surface area (Å²) in [6, 6.07) is 0. The first-order valence-electron chi connectivity index (χ1n) is 5.14. The van der Waals surface area contributed by atoms with Gasteiger partial charge < -0.3 is 0 Å². The van der Waals surface area contributed by atoms with Crippen molar-refractivity contribution < 1.29 is 0 Å². The minimum atomic E-state index is 0.654. The first-order chi connectivity index (χ1) is 5.63. The van der Waals surface area contributed by atoms with Crippen LogP contribution in [0.25, 0.3) is 0 Å². The van der Waals surface area contributed by atoms with Crippen LogP contribution in [-0.2, 0) is 0 Å². The average molecular weight is 169 g/mol. The van der Waals surface area contributed by atoms with E-state index in [1.54, 1.807) is 0 Å². The molecule has 0 N–H and O–H groups in total. The molecular formula is C11H23N. The van der Waals surface area contributed by atoms with Gasteiger partial charge in [0.25, 0.3) is 0 Å². The van der Waals surface area contributed by atoms with Gasteiger partial charge in [0, 0.05) is 12.3 Å². The lowest BCUT2D eigenvalue weighted by atomic mass is 9.90. The minimum absolute atomic E-state index is 0.654. The SMILES string of the molecule is CCC/N=C(\C)C(C)C(C)CC. The predicted octanol–water partition coefficient (Wildman–Crippen LogP) is 3.54. The van der Waals surface area contributed by atoms with E-state index in [0.29, 0.717) is 5.92 Å². The molecule has 0 amide bonds. The highest BCUT2D eigenvalue weighted by molar-refractivity contribution is 5.84. The molecule has 0 aromatic rings. The molecule has 0 rings (SSSR count). The molecule has 0 bridgehead atoms. The summed E-state index contributed by atoms with van der Waals surface area (Å²) in [6.45, 7) is 12.1. The van der Waals surface area contributed by atoms with Crippen molar-refractivity contribution >= 4 is 5.71 Å². The average Bonchev–Trinajstić information content (AvgIpc) is 2.11. The third-order valence-corrected chi connectivity index (χ3v) is 2.74. The summed E-state index contributed by atoms with van der Waals surface area (Å²) >= 11 is 0. The minimum Gasteiger partial charge on any atom is -0.294 e. The Morgan fingerprint density at radius 3 is 2.25 bits per heavy atom. The van der Waals surface area contributed by atoms with Gasteiger partial charge in [-0.1, -0.05) is 34.1 Å². The van der Waals surface area contributed by atoms with Gasteiger partial charge in [0.2, 0.25) is 0 Å². The highest BCUT2D eigenvalue weighted by Gasteiger charge is 2.12. The van der Waals surface area contributed by atoms with E-state index in [2.05, 4.69) is 39.6 Å². The lowest BCUT2D eigenvalue weighted by molar-refractivity contribution is 0.467. The van der Waals surface area contributed by atoms with Crippen LogP contribution in [0.5, 0.6) is 0 Å². The third kappa shape index (κ3) is 3.89. The van der Waals surface area contributed by atoms with Gasteiger partial charge >= 0.3 is 0 Å². The van der Waals surface area contributed by atoms with E-state index in [1.165, 1.54) is 12.1 Å². The van der Waals surface area contributed by atoms with Gasteiger partial charge in [-0.05, 0) is 25.2 Å². The zero-order chi connectivity index (χ0) is 9.56. The molecule has 2 unspecified atom stereocenters. The van der Waals surface area contributed by atoms with Crippen molar-refractivity contribution in [3.8, 4) is 0 Å². The first-order valence-corrected chi connectivity index (χ1v) is 5.14. The predicted molar refractivity (Wildman–Crippen MR) is 56.9 cm³/mol. The van der Waals surface area contributed by atoms with Crippen LogP contribution in [0.15, 0.2) is 4.99 Å². The van der Waals surface area contributed by atoms with Crippen LogP contribution < -0.4 is 0 Å². The summed E-state index contributed by atoms with van der Waals surface area (Å²) < 4.78 is 0. The highest BCUT2D eigenvalue weighted by atomic mass is 14.7. The quantitative estimate of drug-likeness (QED) is 0.558. The molecule has 12 heavy (non-hydrogen) atoms. The molecule has 0 aliphatic heterocycles. The summed E-state index contributed by atoms with van der Waals surface area (Å²) in [5, 5.41) is 0. The van der Waals surface area contributed by atoms with Crippen molar-refractivity contribution in [2.24, 2.45) is 16.8 Å². The molecule has 0 aliphatic rings. The molecule has 0 radical (unpaired) electrons. The second kappa shape index (κ2) is 6.22. The lowest BCUT2D eigenvalue weighted by Gasteiger charge is -2.17. The number of hydrogen-bond acceptors (Lipinski definition) is 1. The number of rotatable bonds is 5. The molecule has 0 aliphatic carbocycles. The molecule has 2 atom stereocenters. The number of nitrogens with zero attached hydrogens (tertiary/aromatic N) is 1. The van der Waals surface area contributed by atoms with Crippen molar-refractivity contribution in [2.45, 2.75) is 47.5 Å². The lowest BCUT2D eigenvalue weighted by Crippen LogP contribution is -2.16. The van der Waals surface area contributed by atoms with Crippen LogP contribution in [0.1, 0.15) is 47.5 Å². The van der Waals surface area contributed by atoms with Gasteiger partial charge in [-0.3, -0.25) is 4.99 Å². The molecule has 72 valence electrons. The molecule has 0 spiro atoms. The van der Waals surface area contributed by atoms with E-state index in [-0.39, 0.29) is 0 Å². The van der Waals surface area contributed by atoms with E-state index >= 15 is 0 Å². The van der Waals surface area contributed by atoms with Gasteiger partial charge in [-0.2, -0.15) is 0 Å². The van der Waals surface area contributed by atoms with Gasteiger partial charge in [-0.15, -0.1) is 0 Å². The Hall–Kier alpha value is -0.330. The Labute approximate surface area is 77.3 Å². The fourth-order valence-electron chi connectivity index (χ4n) is 1.20. The highest BCUT2D eigenvalue weighted by Crippen LogP contribution is 2.16. The Balaban J connectivity index is 3.98. The van der Waals surface area contributed by atoms with E-state index in [1.807, 2.05) is 0 Å². The molecule has 0 heterocycles. The summed E-state index contributed by atoms with van der Waals surface area (Å²) in [7, 11) is 0. The van der Waals surface area contributed by atoms with Crippen molar-refractivity contribution in [2.75, 3.05) is 6.54 Å². The van der Waals surface area contributed by atoms with Gasteiger partial charge in [0.1, 0.15) is 0 Å². The molecule has 0 fully saturated rings. The zero-order valence-corrected chi connectivity index (χ0v) is 9.22. The van der Waals surface area contributed by atoms with Crippen molar-refractivity contribution in [1.29, 1.82) is 0 Å². The Morgan fingerprint density at radius 1 is 1.25 bits per heavy atom. The normalized spacial score (nSPS) is 17.6. The van der Waals surface area contributed by atoms with E-state index in [4.69, 9.17) is 0 Å². The van der Waals surface area contributed by atoms with E-state index in [0.717, 1.165) is 18.9 Å². The van der Waals surface area contributed by atoms with Gasteiger partial charge in [-0.25, -0.2) is 0 Å². The monoisotopic (exact) mass is 169 g/mol. The van der Waals surface area contributed by atoms with Crippen LogP contribution in [0.2, 0.25) is 0 Å². The maximum Gasteiger partial charge on any atom is 0.0386 e. The number of aliphatic imine (C=N–C) groups is 1. The van der Waals surface area contributed by atoms with E-state index in [9.17, 15) is 0 Å². The Morgan fingerprint density at radius 2 is 1.83 bits per heavy atom. The van der Waals surface area contributed by atoms with Crippen LogP contribution in [0.3, 0.4) is 0 Å². The number of hydrogen-bond donors (Lipinski definition) is 0. The van der Waals surface area contributed by atoms with Crippen molar-refractivity contribution in [3.63, 3.8) is 0 Å². The smallest absolute Gasteiger partial charge is 0.0386 e. The molecule has 0 aromatic heterocycles. The zero-order valence-electron chi connectivity index (χ0n) is 9.22. The molecule has 0 aromatic carbocycles. The molecular weight excluding hydrogens is 146 g/mol. The van der Waals surface area contributed by atoms with Crippen LogP contribution in [0, 0.1) is 11.8 Å².